The monoisotopic (exact) mass is 1370 g/mol. The van der Waals surface area contributed by atoms with Crippen molar-refractivity contribution in [2.24, 2.45) is 17.4 Å². The molecule has 0 aliphatic carbocycles. The number of benzene rings is 1. The van der Waals surface area contributed by atoms with Gasteiger partial charge in [0, 0.05) is 77.8 Å². The number of phenolic OH excluding ortho intramolecular Hbond substituents is 1. The summed E-state index contributed by atoms with van der Waals surface area (Å²) in [6, 6.07) is -3.50. The zero-order valence-electron chi connectivity index (χ0n) is 57.5. The Labute approximate surface area is 569 Å². The highest BCUT2D eigenvalue weighted by Gasteiger charge is 2.32. The maximum absolute atomic E-state index is 13.8. The molecule has 0 saturated heterocycles. The molecule has 21 N–H and O–H groups in total. The Hall–Kier alpha value is -8.68. The molecule has 0 radical (unpaired) electrons. The summed E-state index contributed by atoms with van der Waals surface area (Å²) in [4.78, 5) is 170. The fourth-order valence-corrected chi connectivity index (χ4v) is 10.2. The lowest BCUT2D eigenvalue weighted by Crippen LogP contribution is -2.58. The number of aliphatic hydroxyl groups is 1. The molecule has 32 heteroatoms. The van der Waals surface area contributed by atoms with E-state index in [0.29, 0.717) is 44.2 Å². The highest BCUT2D eigenvalue weighted by atomic mass is 16.4. The third-order valence-corrected chi connectivity index (χ3v) is 15.6. The molecule has 0 fully saturated rings. The molecule has 32 nitrogen and oxygen atoms in total. The van der Waals surface area contributed by atoms with Crippen LogP contribution in [0.5, 0.6) is 5.75 Å². The van der Waals surface area contributed by atoms with Crippen LogP contribution < -0.4 is 80.6 Å². The molecule has 1 rings (SSSR count). The van der Waals surface area contributed by atoms with Crippen molar-refractivity contribution in [3.8, 4) is 5.75 Å². The van der Waals surface area contributed by atoms with Gasteiger partial charge in [0.05, 0.1) is 32.0 Å². The van der Waals surface area contributed by atoms with Gasteiger partial charge in [-0.3, -0.25) is 67.7 Å². The van der Waals surface area contributed by atoms with E-state index < -0.39 is 158 Å². The van der Waals surface area contributed by atoms with Crippen LogP contribution in [0.4, 0.5) is 0 Å². The molecule has 0 heterocycles. The van der Waals surface area contributed by atoms with Crippen molar-refractivity contribution in [1.29, 1.82) is 5.41 Å². The van der Waals surface area contributed by atoms with Gasteiger partial charge in [0.2, 0.25) is 70.9 Å². The first kappa shape index (κ1) is 86.3. The number of carbonyl (C=O) groups is 13. The number of carboxylic acids is 1. The van der Waals surface area contributed by atoms with Crippen LogP contribution in [0.2, 0.25) is 0 Å². The SMILES string of the molecule is CCCCCCCCCCCCCC(=O)NCC(CC(=O)NC(C)CC(=O)NC(CC(=O)NC(CCCCN)CC(=O)O)C(=O)NCCNC(=O)C(CCCNC(=N)N)NC(=O)C(CO)NC(=O)CNC(=O)C(NC(=O)C(Cc1ccc(O)cc1)NC(C)=O)C(C)CC)NC(C)=O. The molecule has 0 saturated carbocycles. The van der Waals surface area contributed by atoms with Crippen molar-refractivity contribution in [3.05, 3.63) is 29.8 Å². The Morgan fingerprint density at radius 1 is 0.495 bits per heavy atom. The third-order valence-electron chi connectivity index (χ3n) is 15.6. The van der Waals surface area contributed by atoms with Gasteiger partial charge in [0.25, 0.3) is 0 Å². The van der Waals surface area contributed by atoms with Crippen molar-refractivity contribution >= 4 is 82.8 Å². The minimum atomic E-state index is -1.67. The van der Waals surface area contributed by atoms with Gasteiger partial charge < -0.3 is 95.9 Å². The molecule has 0 aromatic heterocycles. The lowest BCUT2D eigenvalue weighted by Gasteiger charge is -2.26. The van der Waals surface area contributed by atoms with Gasteiger partial charge in [-0.15, -0.1) is 0 Å². The molecular formula is C65H112N16O16. The van der Waals surface area contributed by atoms with Crippen molar-refractivity contribution in [3.63, 3.8) is 0 Å². The number of amides is 12. The summed E-state index contributed by atoms with van der Waals surface area (Å²) < 4.78 is 0. The Morgan fingerprint density at radius 2 is 1.06 bits per heavy atom. The number of rotatable bonds is 53. The minimum absolute atomic E-state index is 0.00988. The van der Waals surface area contributed by atoms with E-state index in [1.165, 1.54) is 77.8 Å². The van der Waals surface area contributed by atoms with E-state index in [1.807, 2.05) is 0 Å². The van der Waals surface area contributed by atoms with E-state index in [2.05, 4.69) is 76.0 Å². The number of aromatic hydroxyl groups is 1. The van der Waals surface area contributed by atoms with E-state index in [9.17, 15) is 77.6 Å². The number of carboxylic acid groups (broad SMARTS) is 1. The fraction of sp³-hybridized carbons (Fsp3) is 0.692. The van der Waals surface area contributed by atoms with Crippen LogP contribution in [0.25, 0.3) is 0 Å². The highest BCUT2D eigenvalue weighted by molar-refractivity contribution is 5.96. The van der Waals surface area contributed by atoms with Gasteiger partial charge in [-0.2, -0.15) is 0 Å². The molecular weight excluding hydrogens is 1260 g/mol. The van der Waals surface area contributed by atoms with Crippen LogP contribution in [0.1, 0.15) is 188 Å². The molecule has 0 spiro atoms. The Bertz CT molecular complexity index is 2650. The van der Waals surface area contributed by atoms with Crippen LogP contribution in [0.15, 0.2) is 24.3 Å². The van der Waals surface area contributed by atoms with Gasteiger partial charge >= 0.3 is 5.97 Å². The van der Waals surface area contributed by atoms with E-state index in [1.54, 1.807) is 26.0 Å². The van der Waals surface area contributed by atoms with Crippen LogP contribution >= 0.6 is 0 Å². The van der Waals surface area contributed by atoms with Crippen molar-refractivity contribution in [2.45, 2.75) is 238 Å². The number of nitrogens with one attached hydrogen (secondary N) is 14. The Kier molecular flexibility index (Phi) is 45.1. The van der Waals surface area contributed by atoms with Gasteiger partial charge in [0.1, 0.15) is 36.0 Å². The Morgan fingerprint density at radius 3 is 1.63 bits per heavy atom. The molecule has 0 bridgehead atoms. The molecule has 0 aliphatic rings. The van der Waals surface area contributed by atoms with Crippen LogP contribution in [-0.2, 0) is 68.7 Å². The summed E-state index contributed by atoms with van der Waals surface area (Å²) in [5, 5.41) is 70.2. The second kappa shape index (κ2) is 50.7. The predicted octanol–water partition coefficient (Wildman–Crippen LogP) is -0.886. The molecule has 12 amide bonds. The second-order valence-electron chi connectivity index (χ2n) is 24.5. The molecule has 1 aromatic rings. The highest BCUT2D eigenvalue weighted by Crippen LogP contribution is 2.15. The maximum atomic E-state index is 13.8. The first-order chi connectivity index (χ1) is 46.1. The second-order valence-corrected chi connectivity index (χ2v) is 24.5. The van der Waals surface area contributed by atoms with Gasteiger partial charge in [-0.25, -0.2) is 0 Å². The lowest BCUT2D eigenvalue weighted by atomic mass is 9.97. The van der Waals surface area contributed by atoms with Gasteiger partial charge in [-0.1, -0.05) is 110 Å². The minimum Gasteiger partial charge on any atom is -0.508 e. The number of hydrogen-bond acceptors (Lipinski definition) is 17. The molecule has 9 atom stereocenters. The first-order valence-electron chi connectivity index (χ1n) is 33.9. The van der Waals surface area contributed by atoms with Crippen molar-refractivity contribution in [1.82, 2.24) is 69.1 Å². The van der Waals surface area contributed by atoms with Crippen LogP contribution in [0.3, 0.4) is 0 Å². The summed E-state index contributed by atoms with van der Waals surface area (Å²) >= 11 is 0. The lowest BCUT2D eigenvalue weighted by molar-refractivity contribution is -0.138. The number of hydrogen-bond donors (Lipinski definition) is 19. The first-order valence-corrected chi connectivity index (χ1v) is 33.9. The molecule has 0 aliphatic heterocycles. The van der Waals surface area contributed by atoms with Crippen LogP contribution in [0, 0.1) is 11.3 Å². The number of aliphatic hydroxyl groups excluding tert-OH is 1. The van der Waals surface area contributed by atoms with Gasteiger partial charge in [-0.05, 0) is 69.2 Å². The largest absolute Gasteiger partial charge is 0.508 e. The number of nitrogens with two attached hydrogens (primary N) is 2. The number of aliphatic carboxylic acids is 1. The summed E-state index contributed by atoms with van der Waals surface area (Å²) in [6.07, 6.45) is 12.6. The number of carbonyl (C=O) groups excluding carboxylic acids is 12. The summed E-state index contributed by atoms with van der Waals surface area (Å²) in [5.41, 5.74) is 11.6. The molecule has 548 valence electrons. The average molecular weight is 1370 g/mol. The van der Waals surface area contributed by atoms with E-state index in [-0.39, 0.29) is 75.9 Å². The smallest absolute Gasteiger partial charge is 0.305 e. The predicted molar refractivity (Wildman–Crippen MR) is 362 cm³/mol. The zero-order chi connectivity index (χ0) is 72.7. The quantitative estimate of drug-likeness (QED) is 0.0214. The topological polar surface area (TPSA) is 515 Å². The maximum Gasteiger partial charge on any atom is 0.305 e. The average Bonchev–Trinajstić information content (AvgIpc) is 0.905. The van der Waals surface area contributed by atoms with Crippen molar-refractivity contribution in [2.75, 3.05) is 45.9 Å². The zero-order valence-corrected chi connectivity index (χ0v) is 57.5. The van der Waals surface area contributed by atoms with Gasteiger partial charge in [0.15, 0.2) is 5.96 Å². The fourth-order valence-electron chi connectivity index (χ4n) is 10.2. The van der Waals surface area contributed by atoms with Crippen LogP contribution in [-0.4, -0.2) is 192 Å². The van der Waals surface area contributed by atoms with E-state index >= 15 is 0 Å². The molecule has 97 heavy (non-hydrogen) atoms. The van der Waals surface area contributed by atoms with Crippen molar-refractivity contribution < 1.29 is 77.6 Å². The number of guanidine groups is 1. The summed E-state index contributed by atoms with van der Waals surface area (Å²) in [5.74, 6) is -10.6. The summed E-state index contributed by atoms with van der Waals surface area (Å²) in [6.45, 7) is 7.64. The third kappa shape index (κ3) is 41.8. The van der Waals surface area contributed by atoms with E-state index in [0.717, 1.165) is 19.3 Å². The number of phenols is 1. The standard InChI is InChI=1S/C65H112N16O16/c1-7-9-10-11-12-13-14-15-16-17-18-24-53(86)72-38-47(75-43(5)83)35-55(88)74-42(4)33-54(87)78-51(37-56(89)77-46(36-58(91)92)22-19-20-29-66)61(94)70-32-31-69-60(93)49(23-21-30-71-65(67)68)80-63(96)52(40-82)79-57(90)39-73-64(97)59(41(3)8-2)81-62(95)50(76-44(6)84)34-45-25-27-48(85)28-26-45/h25-28,41-42,46-47,49-52,59,82,85H,7-24,29-40,66H2,1-6H3,(H,69,93)(H,70,94)(H,72,86)(H,73,97)(H,74,88)(H,75,83)(H,76,84)(H,77,89)(H,78,87)(H,79,90)(H,80,96)(H,81,95)(H,91,92)(H4,67,68,71). The van der Waals surface area contributed by atoms with E-state index in [4.69, 9.17) is 16.9 Å². The molecule has 1 aromatic carbocycles. The Balaban J connectivity index is 3.11. The normalized spacial score (nSPS) is 13.7. The molecule has 9 unspecified atom stereocenters. The summed E-state index contributed by atoms with van der Waals surface area (Å²) in [7, 11) is 0. The number of unbranched alkanes of at least 4 members (excludes halogenated alkanes) is 11.